The summed E-state index contributed by atoms with van der Waals surface area (Å²) in [6.45, 7) is 0.510. The molecule has 20 heavy (non-hydrogen) atoms. The van der Waals surface area contributed by atoms with Crippen molar-refractivity contribution in [2.24, 2.45) is 5.73 Å². The molecule has 0 unspecified atom stereocenters. The van der Waals surface area contributed by atoms with Crippen LogP contribution in [0.25, 0.3) is 0 Å². The van der Waals surface area contributed by atoms with E-state index in [4.69, 9.17) is 11.0 Å². The molecule has 0 bridgehead atoms. The predicted octanol–water partition coefficient (Wildman–Crippen LogP) is 2.53. The number of nitrogens with zero attached hydrogens (tertiary/aromatic N) is 2. The van der Waals surface area contributed by atoms with Gasteiger partial charge < -0.3 is 11.1 Å². The molecule has 0 fully saturated rings. The first-order valence-corrected chi connectivity index (χ1v) is 7.46. The average Bonchev–Trinajstić information content (AvgIpc) is 2.90. The summed E-state index contributed by atoms with van der Waals surface area (Å²) < 4.78 is 0.655. The van der Waals surface area contributed by atoms with Gasteiger partial charge in [0.25, 0.3) is 5.91 Å². The lowest BCUT2D eigenvalue weighted by Crippen LogP contribution is -2.13. The fourth-order valence-corrected chi connectivity index (χ4v) is 2.80. The van der Waals surface area contributed by atoms with E-state index in [0.717, 1.165) is 5.01 Å². The lowest BCUT2D eigenvalue weighted by atomic mass is 10.2. The number of carbonyl (C=O) groups is 1. The molecular formula is C13H11BrN4OS. The third-order valence-electron chi connectivity index (χ3n) is 2.49. The molecule has 0 aliphatic heterocycles. The maximum Gasteiger partial charge on any atom is 0.275 e. The Hall–Kier alpha value is -1.75. The number of aromatic nitrogens is 1. The van der Waals surface area contributed by atoms with E-state index >= 15 is 0 Å². The van der Waals surface area contributed by atoms with Gasteiger partial charge in [-0.05, 0) is 40.7 Å². The highest BCUT2D eigenvalue weighted by Crippen LogP contribution is 2.24. The maximum atomic E-state index is 12.1. The maximum absolute atomic E-state index is 12.1. The Morgan fingerprint density at radius 1 is 1.55 bits per heavy atom. The molecular weight excluding hydrogens is 340 g/mol. The number of thiazole rings is 1. The average molecular weight is 351 g/mol. The third kappa shape index (κ3) is 3.42. The highest BCUT2D eigenvalue weighted by molar-refractivity contribution is 9.10. The minimum Gasteiger partial charge on any atom is -0.330 e. The summed E-state index contributed by atoms with van der Waals surface area (Å²) in [4.78, 5) is 16.3. The highest BCUT2D eigenvalue weighted by atomic mass is 79.9. The zero-order valence-electron chi connectivity index (χ0n) is 10.4. The van der Waals surface area contributed by atoms with Crippen LogP contribution in [0.5, 0.6) is 0 Å². The molecule has 0 aliphatic rings. The zero-order valence-corrected chi connectivity index (χ0v) is 12.8. The predicted molar refractivity (Wildman–Crippen MR) is 81.7 cm³/mol. The fourth-order valence-electron chi connectivity index (χ4n) is 1.53. The van der Waals surface area contributed by atoms with E-state index in [1.807, 2.05) is 6.07 Å². The number of benzene rings is 1. The van der Waals surface area contributed by atoms with Gasteiger partial charge in [-0.3, -0.25) is 4.79 Å². The lowest BCUT2D eigenvalue weighted by molar-refractivity contribution is 0.102. The van der Waals surface area contributed by atoms with E-state index in [-0.39, 0.29) is 5.91 Å². The van der Waals surface area contributed by atoms with Gasteiger partial charge >= 0.3 is 0 Å². The van der Waals surface area contributed by atoms with Crippen molar-refractivity contribution in [3.05, 3.63) is 44.3 Å². The van der Waals surface area contributed by atoms with Crippen LogP contribution in [0.1, 0.15) is 21.1 Å². The number of carbonyl (C=O) groups excluding carboxylic acids is 1. The van der Waals surface area contributed by atoms with Crippen molar-refractivity contribution in [1.29, 1.82) is 5.26 Å². The van der Waals surface area contributed by atoms with Crippen LogP contribution in [0, 0.1) is 11.3 Å². The second kappa shape index (κ2) is 6.61. The molecule has 2 rings (SSSR count). The lowest BCUT2D eigenvalue weighted by Gasteiger charge is -2.05. The number of nitrogens with one attached hydrogen (secondary N) is 1. The summed E-state index contributed by atoms with van der Waals surface area (Å²) in [5.41, 5.74) is 6.94. The summed E-state index contributed by atoms with van der Waals surface area (Å²) in [6.07, 6.45) is 0.665. The molecule has 0 atom stereocenters. The molecule has 5 nitrogen and oxygen atoms in total. The molecule has 1 heterocycles. The highest BCUT2D eigenvalue weighted by Gasteiger charge is 2.12. The van der Waals surface area contributed by atoms with Crippen LogP contribution < -0.4 is 11.1 Å². The monoisotopic (exact) mass is 350 g/mol. The van der Waals surface area contributed by atoms with Gasteiger partial charge in [-0.2, -0.15) is 5.26 Å². The Bertz CT molecular complexity index is 677. The number of nitriles is 1. The van der Waals surface area contributed by atoms with Crippen LogP contribution in [0.3, 0.4) is 0 Å². The zero-order chi connectivity index (χ0) is 14.5. The SMILES string of the molecule is N#Cc1ccc(NC(=O)c2csc(CCN)n2)c(Br)c1. The molecule has 1 aromatic carbocycles. The summed E-state index contributed by atoms with van der Waals surface area (Å²) in [7, 11) is 0. The Balaban J connectivity index is 2.13. The quantitative estimate of drug-likeness (QED) is 0.885. The number of halogens is 1. The van der Waals surface area contributed by atoms with Crippen molar-refractivity contribution in [2.75, 3.05) is 11.9 Å². The smallest absolute Gasteiger partial charge is 0.275 e. The Morgan fingerprint density at radius 3 is 3.00 bits per heavy atom. The minimum atomic E-state index is -0.282. The fraction of sp³-hybridized carbons (Fsp3) is 0.154. The molecule has 0 saturated heterocycles. The second-order valence-corrected chi connectivity index (χ2v) is 5.72. The van der Waals surface area contributed by atoms with Crippen molar-refractivity contribution in [3.8, 4) is 6.07 Å². The topological polar surface area (TPSA) is 91.8 Å². The van der Waals surface area contributed by atoms with Crippen molar-refractivity contribution in [2.45, 2.75) is 6.42 Å². The van der Waals surface area contributed by atoms with Crippen LogP contribution in [0.15, 0.2) is 28.1 Å². The van der Waals surface area contributed by atoms with E-state index in [2.05, 4.69) is 26.2 Å². The molecule has 2 aromatic rings. The minimum absolute atomic E-state index is 0.282. The van der Waals surface area contributed by atoms with Gasteiger partial charge in [0.15, 0.2) is 0 Å². The van der Waals surface area contributed by atoms with Gasteiger partial charge in [0.05, 0.1) is 22.3 Å². The Labute approximate surface area is 128 Å². The van der Waals surface area contributed by atoms with E-state index < -0.39 is 0 Å². The van der Waals surface area contributed by atoms with Crippen molar-refractivity contribution in [1.82, 2.24) is 4.98 Å². The first-order valence-electron chi connectivity index (χ1n) is 5.79. The van der Waals surface area contributed by atoms with Crippen molar-refractivity contribution in [3.63, 3.8) is 0 Å². The number of hydrogen-bond donors (Lipinski definition) is 2. The van der Waals surface area contributed by atoms with E-state index in [1.165, 1.54) is 11.3 Å². The number of rotatable bonds is 4. The number of anilines is 1. The van der Waals surface area contributed by atoms with Gasteiger partial charge in [0.1, 0.15) is 5.69 Å². The molecule has 1 aromatic heterocycles. The number of amides is 1. The third-order valence-corrected chi connectivity index (χ3v) is 4.05. The molecule has 7 heteroatoms. The van der Waals surface area contributed by atoms with Gasteiger partial charge in [-0.1, -0.05) is 0 Å². The van der Waals surface area contributed by atoms with Gasteiger partial charge in [0, 0.05) is 16.3 Å². The van der Waals surface area contributed by atoms with Crippen LogP contribution in [-0.2, 0) is 6.42 Å². The van der Waals surface area contributed by atoms with Crippen LogP contribution in [0.4, 0.5) is 5.69 Å². The molecule has 0 radical (unpaired) electrons. The summed E-state index contributed by atoms with van der Waals surface area (Å²) >= 11 is 4.74. The second-order valence-electron chi connectivity index (χ2n) is 3.93. The van der Waals surface area contributed by atoms with Crippen molar-refractivity contribution < 1.29 is 4.79 Å². The Morgan fingerprint density at radius 2 is 2.35 bits per heavy atom. The summed E-state index contributed by atoms with van der Waals surface area (Å²) in [6, 6.07) is 7.00. The standard InChI is InChI=1S/C13H11BrN4OS/c14-9-5-8(6-16)1-2-10(9)18-13(19)11-7-20-12(17-11)3-4-15/h1-2,5,7H,3-4,15H2,(H,18,19). The molecule has 0 aliphatic carbocycles. The van der Waals surface area contributed by atoms with E-state index in [9.17, 15) is 4.79 Å². The molecule has 0 saturated carbocycles. The van der Waals surface area contributed by atoms with Gasteiger partial charge in [0.2, 0.25) is 0 Å². The molecule has 3 N–H and O–H groups in total. The van der Waals surface area contributed by atoms with Crippen molar-refractivity contribution >= 4 is 38.9 Å². The summed E-state index contributed by atoms with van der Waals surface area (Å²) in [5.74, 6) is -0.282. The normalized spacial score (nSPS) is 10.1. The first kappa shape index (κ1) is 14.7. The largest absolute Gasteiger partial charge is 0.330 e. The Kier molecular flexibility index (Phi) is 4.84. The van der Waals surface area contributed by atoms with E-state index in [1.54, 1.807) is 23.6 Å². The van der Waals surface area contributed by atoms with E-state index in [0.29, 0.717) is 34.4 Å². The van der Waals surface area contributed by atoms with Crippen LogP contribution in [0.2, 0.25) is 0 Å². The summed E-state index contributed by atoms with van der Waals surface area (Å²) in [5, 5.41) is 14.1. The van der Waals surface area contributed by atoms with Gasteiger partial charge in [-0.25, -0.2) is 4.98 Å². The molecule has 0 spiro atoms. The number of hydrogen-bond acceptors (Lipinski definition) is 5. The van der Waals surface area contributed by atoms with Crippen LogP contribution in [-0.4, -0.2) is 17.4 Å². The van der Waals surface area contributed by atoms with Crippen LogP contribution >= 0.6 is 27.3 Å². The molecule has 102 valence electrons. The number of nitrogens with two attached hydrogens (primary N) is 1. The molecule has 1 amide bonds. The first-order chi connectivity index (χ1) is 9.63. The van der Waals surface area contributed by atoms with Gasteiger partial charge in [-0.15, -0.1) is 11.3 Å².